The Morgan fingerprint density at radius 1 is 1.33 bits per heavy atom. The molecule has 0 aliphatic carbocycles. The fourth-order valence-corrected chi connectivity index (χ4v) is 3.56. The number of aromatic amines is 1. The molecule has 0 fully saturated rings. The lowest BCUT2D eigenvalue weighted by atomic mass is 10.2. The average Bonchev–Trinajstić information content (AvgIpc) is 2.99. The quantitative estimate of drug-likeness (QED) is 0.701. The number of hydrogen-bond donors (Lipinski definition) is 1. The second kappa shape index (κ2) is 7.27. The molecule has 7 heteroatoms. The van der Waals surface area contributed by atoms with Crippen LogP contribution in [-0.4, -0.2) is 22.0 Å². The first kappa shape index (κ1) is 16.9. The molecule has 3 aromatic rings. The van der Waals surface area contributed by atoms with Crippen molar-refractivity contribution in [2.24, 2.45) is 0 Å². The largest absolute Gasteiger partial charge is 0.355 e. The summed E-state index contributed by atoms with van der Waals surface area (Å²) < 4.78 is 1.13. The second-order valence-electron chi connectivity index (χ2n) is 5.46. The molecule has 3 rings (SSSR count). The lowest BCUT2D eigenvalue weighted by molar-refractivity contribution is 0.901. The SMILES string of the molecule is CCc1cc(=O)[nH]c(-c2ccc(N(C)Cc3csc(Br)c3)nc2)n1. The van der Waals surface area contributed by atoms with Gasteiger partial charge in [-0.15, -0.1) is 11.3 Å². The summed E-state index contributed by atoms with van der Waals surface area (Å²) in [7, 11) is 2.01. The van der Waals surface area contributed by atoms with Crippen LogP contribution in [0.2, 0.25) is 0 Å². The summed E-state index contributed by atoms with van der Waals surface area (Å²) in [5.74, 6) is 1.43. The van der Waals surface area contributed by atoms with E-state index in [1.165, 1.54) is 11.6 Å². The zero-order valence-electron chi connectivity index (χ0n) is 13.4. The van der Waals surface area contributed by atoms with Crippen molar-refractivity contribution in [2.75, 3.05) is 11.9 Å². The Balaban J connectivity index is 1.80. The molecule has 0 unspecified atom stereocenters. The van der Waals surface area contributed by atoms with E-state index in [2.05, 4.69) is 47.2 Å². The number of H-pyrrole nitrogens is 1. The van der Waals surface area contributed by atoms with Crippen molar-refractivity contribution < 1.29 is 0 Å². The first-order valence-corrected chi connectivity index (χ1v) is 9.23. The van der Waals surface area contributed by atoms with E-state index in [1.54, 1.807) is 17.5 Å². The third-order valence-electron chi connectivity index (χ3n) is 3.61. The molecule has 0 amide bonds. The van der Waals surface area contributed by atoms with Crippen LogP contribution in [0.4, 0.5) is 5.82 Å². The number of pyridine rings is 1. The van der Waals surface area contributed by atoms with Gasteiger partial charge in [-0.05, 0) is 51.5 Å². The summed E-state index contributed by atoms with van der Waals surface area (Å²) in [6.07, 6.45) is 2.47. The van der Waals surface area contributed by atoms with Gasteiger partial charge in [-0.25, -0.2) is 9.97 Å². The van der Waals surface area contributed by atoms with Crippen LogP contribution in [0.1, 0.15) is 18.2 Å². The predicted octanol–water partition coefficient (Wildman–Crippen LogP) is 3.85. The van der Waals surface area contributed by atoms with E-state index in [0.29, 0.717) is 5.82 Å². The van der Waals surface area contributed by atoms with Gasteiger partial charge < -0.3 is 9.88 Å². The Hall–Kier alpha value is -1.99. The van der Waals surface area contributed by atoms with Crippen LogP contribution in [0.3, 0.4) is 0 Å². The van der Waals surface area contributed by atoms with Gasteiger partial charge in [0.2, 0.25) is 0 Å². The number of rotatable bonds is 5. The first-order valence-electron chi connectivity index (χ1n) is 7.56. The van der Waals surface area contributed by atoms with Gasteiger partial charge in [-0.1, -0.05) is 6.92 Å². The lowest BCUT2D eigenvalue weighted by Crippen LogP contribution is -2.17. The number of hydrogen-bond acceptors (Lipinski definition) is 5. The molecule has 0 saturated carbocycles. The monoisotopic (exact) mass is 404 g/mol. The fourth-order valence-electron chi connectivity index (χ4n) is 2.36. The predicted molar refractivity (Wildman–Crippen MR) is 102 cm³/mol. The van der Waals surface area contributed by atoms with Crippen LogP contribution in [0.15, 0.2) is 44.4 Å². The molecule has 0 atom stereocenters. The maximum Gasteiger partial charge on any atom is 0.251 e. The zero-order chi connectivity index (χ0) is 17.1. The summed E-state index contributed by atoms with van der Waals surface area (Å²) in [5.41, 5.74) is 2.68. The summed E-state index contributed by atoms with van der Waals surface area (Å²) in [5, 5.41) is 2.12. The third-order valence-corrected chi connectivity index (χ3v) is 5.16. The third kappa shape index (κ3) is 3.91. The van der Waals surface area contributed by atoms with Crippen LogP contribution in [0.5, 0.6) is 0 Å². The molecule has 1 N–H and O–H groups in total. The molecule has 0 radical (unpaired) electrons. The van der Waals surface area contributed by atoms with Gasteiger partial charge in [0, 0.05) is 37.1 Å². The highest BCUT2D eigenvalue weighted by atomic mass is 79.9. The molecule has 24 heavy (non-hydrogen) atoms. The second-order valence-corrected chi connectivity index (χ2v) is 7.75. The normalized spacial score (nSPS) is 10.8. The molecule has 0 aliphatic rings. The molecule has 0 aliphatic heterocycles. The van der Waals surface area contributed by atoms with E-state index < -0.39 is 0 Å². The van der Waals surface area contributed by atoms with E-state index in [-0.39, 0.29) is 5.56 Å². The Kier molecular flexibility index (Phi) is 5.11. The van der Waals surface area contributed by atoms with Gasteiger partial charge >= 0.3 is 0 Å². The minimum Gasteiger partial charge on any atom is -0.355 e. The van der Waals surface area contributed by atoms with Crippen LogP contribution in [0.25, 0.3) is 11.4 Å². The van der Waals surface area contributed by atoms with Crippen LogP contribution in [-0.2, 0) is 13.0 Å². The Morgan fingerprint density at radius 3 is 2.79 bits per heavy atom. The molecule has 124 valence electrons. The number of aromatic nitrogens is 3. The minimum absolute atomic E-state index is 0.138. The average molecular weight is 405 g/mol. The summed E-state index contributed by atoms with van der Waals surface area (Å²) in [6.45, 7) is 2.76. The lowest BCUT2D eigenvalue weighted by Gasteiger charge is -2.17. The molecule has 0 spiro atoms. The van der Waals surface area contributed by atoms with Crippen LogP contribution in [0, 0.1) is 0 Å². The number of nitrogens with one attached hydrogen (secondary N) is 1. The molecule has 3 heterocycles. The van der Waals surface area contributed by atoms with E-state index in [9.17, 15) is 4.79 Å². The maximum atomic E-state index is 11.7. The Morgan fingerprint density at radius 2 is 2.17 bits per heavy atom. The maximum absolute atomic E-state index is 11.7. The Bertz CT molecular complexity index is 888. The van der Waals surface area contributed by atoms with Crippen molar-refractivity contribution >= 4 is 33.1 Å². The topological polar surface area (TPSA) is 61.9 Å². The molecule has 0 aromatic carbocycles. The number of anilines is 1. The van der Waals surface area contributed by atoms with E-state index in [1.807, 2.05) is 26.1 Å². The van der Waals surface area contributed by atoms with Gasteiger partial charge in [0.25, 0.3) is 5.56 Å². The first-order chi connectivity index (χ1) is 11.5. The van der Waals surface area contributed by atoms with Crippen LogP contribution < -0.4 is 10.5 Å². The summed E-state index contributed by atoms with van der Waals surface area (Å²) >= 11 is 5.15. The zero-order valence-corrected chi connectivity index (χ0v) is 15.8. The van der Waals surface area contributed by atoms with E-state index in [0.717, 1.165) is 33.8 Å². The number of thiophene rings is 1. The van der Waals surface area contributed by atoms with Crippen molar-refractivity contribution in [3.05, 3.63) is 61.2 Å². The van der Waals surface area contributed by atoms with Crippen molar-refractivity contribution in [1.82, 2.24) is 15.0 Å². The highest BCUT2D eigenvalue weighted by Crippen LogP contribution is 2.23. The summed E-state index contributed by atoms with van der Waals surface area (Å²) in [6, 6.07) is 7.51. The van der Waals surface area contributed by atoms with Gasteiger partial charge in [0.15, 0.2) is 0 Å². The van der Waals surface area contributed by atoms with Gasteiger partial charge in [-0.2, -0.15) is 0 Å². The Labute approximate surface area is 152 Å². The standard InChI is InChI=1S/C17H17BrN4OS/c1-3-13-7-16(23)21-17(20-13)12-4-5-15(19-8-12)22(2)9-11-6-14(18)24-10-11/h4-8,10H,3,9H2,1-2H3,(H,20,21,23). The number of aryl methyl sites for hydroxylation is 1. The van der Waals surface area contributed by atoms with Crippen molar-refractivity contribution in [1.29, 1.82) is 0 Å². The minimum atomic E-state index is -0.138. The molecule has 0 bridgehead atoms. The molecule has 0 saturated heterocycles. The highest BCUT2D eigenvalue weighted by molar-refractivity contribution is 9.11. The van der Waals surface area contributed by atoms with Crippen molar-refractivity contribution in [3.63, 3.8) is 0 Å². The van der Waals surface area contributed by atoms with Crippen molar-refractivity contribution in [3.8, 4) is 11.4 Å². The van der Waals surface area contributed by atoms with Crippen molar-refractivity contribution in [2.45, 2.75) is 19.9 Å². The molecule has 5 nitrogen and oxygen atoms in total. The number of nitrogens with zero attached hydrogens (tertiary/aromatic N) is 3. The molecule has 3 aromatic heterocycles. The summed E-state index contributed by atoms with van der Waals surface area (Å²) in [4.78, 5) is 25.5. The van der Waals surface area contributed by atoms with E-state index >= 15 is 0 Å². The van der Waals surface area contributed by atoms with Gasteiger partial charge in [-0.3, -0.25) is 4.79 Å². The molecular formula is C17H17BrN4OS. The highest BCUT2D eigenvalue weighted by Gasteiger charge is 2.08. The smallest absolute Gasteiger partial charge is 0.251 e. The van der Waals surface area contributed by atoms with E-state index in [4.69, 9.17) is 0 Å². The molecular weight excluding hydrogens is 388 g/mol. The van der Waals surface area contributed by atoms with Gasteiger partial charge in [0.05, 0.1) is 3.79 Å². The fraction of sp³-hybridized carbons (Fsp3) is 0.235. The van der Waals surface area contributed by atoms with Crippen LogP contribution >= 0.6 is 27.3 Å². The number of halogens is 1. The van der Waals surface area contributed by atoms with Gasteiger partial charge in [0.1, 0.15) is 11.6 Å².